The molecule has 1 aliphatic heterocycles. The fraction of sp³-hybridized carbons (Fsp3) is 0.320. The van der Waals surface area contributed by atoms with Crippen molar-refractivity contribution in [1.82, 2.24) is 19.4 Å². The van der Waals surface area contributed by atoms with Crippen molar-refractivity contribution in [1.29, 1.82) is 0 Å². The molecule has 11 heteroatoms. The smallest absolute Gasteiger partial charge is 0.331 e. The number of ether oxygens (including phenoxy) is 1. The Morgan fingerprint density at radius 1 is 1.25 bits per heavy atom. The number of benzene rings is 1. The molecule has 1 N–H and O–H groups in total. The van der Waals surface area contributed by atoms with E-state index in [1.807, 2.05) is 6.07 Å². The van der Waals surface area contributed by atoms with Crippen LogP contribution in [0, 0.1) is 6.92 Å². The van der Waals surface area contributed by atoms with Crippen molar-refractivity contribution >= 4 is 33.2 Å². The van der Waals surface area contributed by atoms with Crippen molar-refractivity contribution in [2.24, 2.45) is 7.05 Å². The summed E-state index contributed by atoms with van der Waals surface area (Å²) in [6.45, 7) is 2.12. The van der Waals surface area contributed by atoms with Gasteiger partial charge in [-0.1, -0.05) is 11.6 Å². The first-order valence-corrected chi connectivity index (χ1v) is 12.5. The minimum absolute atomic E-state index is 0.0319. The van der Waals surface area contributed by atoms with Crippen LogP contribution >= 0.6 is 22.9 Å². The topological polar surface area (TPSA) is 78.2 Å². The molecular formula is C25H23ClF2N4O3S. The van der Waals surface area contributed by atoms with Crippen molar-refractivity contribution in [2.75, 3.05) is 13.1 Å². The number of fused-ring (bicyclic) bond motifs is 1. The van der Waals surface area contributed by atoms with Crippen LogP contribution < -0.4 is 21.3 Å². The second-order valence-corrected chi connectivity index (χ2v) is 10.4. The van der Waals surface area contributed by atoms with Gasteiger partial charge in [0, 0.05) is 66.0 Å². The van der Waals surface area contributed by atoms with Crippen molar-refractivity contribution in [3.05, 3.63) is 79.0 Å². The van der Waals surface area contributed by atoms with Gasteiger partial charge >= 0.3 is 5.69 Å². The lowest BCUT2D eigenvalue weighted by atomic mass is 10.0. The molecular weight excluding hydrogens is 510 g/mol. The first-order valence-electron chi connectivity index (χ1n) is 11.3. The van der Waals surface area contributed by atoms with Gasteiger partial charge in [-0.25, -0.2) is 13.6 Å². The summed E-state index contributed by atoms with van der Waals surface area (Å²) in [7, 11) is 1.58. The maximum Gasteiger partial charge on any atom is 0.331 e. The molecule has 7 nitrogen and oxygen atoms in total. The number of piperidine rings is 1. The monoisotopic (exact) mass is 532 g/mol. The third-order valence-corrected chi connectivity index (χ3v) is 7.60. The van der Waals surface area contributed by atoms with Gasteiger partial charge in [0.15, 0.2) is 6.10 Å². The molecule has 4 aromatic rings. The van der Waals surface area contributed by atoms with Gasteiger partial charge in [-0.15, -0.1) is 11.3 Å². The molecule has 5 rings (SSSR count). The highest BCUT2D eigenvalue weighted by atomic mass is 35.5. The Bertz CT molecular complexity index is 1580. The quantitative estimate of drug-likeness (QED) is 0.416. The predicted molar refractivity (Wildman–Crippen MR) is 137 cm³/mol. The zero-order chi connectivity index (χ0) is 25.6. The van der Waals surface area contributed by atoms with Crippen molar-refractivity contribution in [3.63, 3.8) is 0 Å². The zero-order valence-electron chi connectivity index (χ0n) is 19.6. The number of nitrogens with one attached hydrogen (secondary N) is 1. The average molecular weight is 533 g/mol. The van der Waals surface area contributed by atoms with Gasteiger partial charge in [0.05, 0.1) is 16.8 Å². The molecule has 188 valence electrons. The second-order valence-electron chi connectivity index (χ2n) is 8.84. The molecule has 1 fully saturated rings. The summed E-state index contributed by atoms with van der Waals surface area (Å²) in [5.41, 5.74) is 1.77. The van der Waals surface area contributed by atoms with Gasteiger partial charge in [0.1, 0.15) is 5.75 Å². The van der Waals surface area contributed by atoms with E-state index < -0.39 is 23.3 Å². The van der Waals surface area contributed by atoms with E-state index in [1.165, 1.54) is 28.2 Å². The van der Waals surface area contributed by atoms with E-state index in [4.69, 9.17) is 16.3 Å². The number of thiophene rings is 1. The molecule has 4 heterocycles. The van der Waals surface area contributed by atoms with Crippen molar-refractivity contribution < 1.29 is 13.5 Å². The number of aromatic nitrogens is 3. The number of halogens is 3. The zero-order valence-corrected chi connectivity index (χ0v) is 21.1. The number of hydrogen-bond donors (Lipinski definition) is 1. The SMILES string of the molecule is Cc1cc(Cl)cc(-c2ccnc3cc(Cn4c(=O)ccn(C)c4=O)sc23)c1OC1CNCCC1(F)F. The lowest BCUT2D eigenvalue weighted by Crippen LogP contribution is -2.51. The van der Waals surface area contributed by atoms with Crippen LogP contribution in [-0.4, -0.2) is 39.2 Å². The normalized spacial score (nSPS) is 17.4. The third-order valence-electron chi connectivity index (χ3n) is 6.24. The Kier molecular flexibility index (Phi) is 6.44. The van der Waals surface area contributed by atoms with Crippen LogP contribution in [0.1, 0.15) is 16.9 Å². The molecule has 1 aromatic carbocycles. The largest absolute Gasteiger partial charge is 0.482 e. The Hall–Kier alpha value is -3.08. The van der Waals surface area contributed by atoms with Crippen LogP contribution in [0.3, 0.4) is 0 Å². The Balaban J connectivity index is 1.60. The summed E-state index contributed by atoms with van der Waals surface area (Å²) in [6.07, 6.45) is 1.44. The highest BCUT2D eigenvalue weighted by Crippen LogP contribution is 2.43. The molecule has 0 saturated carbocycles. The summed E-state index contributed by atoms with van der Waals surface area (Å²) >= 11 is 7.75. The van der Waals surface area contributed by atoms with E-state index >= 15 is 0 Å². The molecule has 0 radical (unpaired) electrons. The minimum Gasteiger partial charge on any atom is -0.482 e. The van der Waals surface area contributed by atoms with E-state index in [0.29, 0.717) is 27.4 Å². The molecule has 0 bridgehead atoms. The first kappa shape index (κ1) is 24.6. The van der Waals surface area contributed by atoms with E-state index in [9.17, 15) is 18.4 Å². The third kappa shape index (κ3) is 4.56. The Morgan fingerprint density at radius 3 is 2.83 bits per heavy atom. The van der Waals surface area contributed by atoms with Crippen LogP contribution in [0.2, 0.25) is 5.02 Å². The Morgan fingerprint density at radius 2 is 2.06 bits per heavy atom. The summed E-state index contributed by atoms with van der Waals surface area (Å²) in [6, 6.07) is 8.33. The van der Waals surface area contributed by atoms with Crippen LogP contribution in [0.15, 0.2) is 52.3 Å². The van der Waals surface area contributed by atoms with Crippen molar-refractivity contribution in [2.45, 2.75) is 31.9 Å². The molecule has 0 amide bonds. The summed E-state index contributed by atoms with van der Waals surface area (Å²) in [5.74, 6) is -2.63. The van der Waals surface area contributed by atoms with Crippen molar-refractivity contribution in [3.8, 4) is 16.9 Å². The molecule has 1 aliphatic rings. The van der Waals surface area contributed by atoms with Crippen LogP contribution in [0.4, 0.5) is 8.78 Å². The fourth-order valence-corrected chi connectivity index (χ4v) is 5.75. The maximum atomic E-state index is 14.6. The number of hydrogen-bond acceptors (Lipinski definition) is 6. The van der Waals surface area contributed by atoms with Crippen LogP contribution in [0.5, 0.6) is 5.75 Å². The standard InChI is InChI=1S/C25H23ClF2N4O3S/c1-14-9-15(26)10-18(22(14)35-20-12-29-7-5-25(20,27)28)17-3-6-30-19-11-16(36-23(17)19)13-32-21(33)4-8-31(2)24(32)34/h3-4,6,8-11,20,29H,5,7,12-13H2,1-2H3. The highest BCUT2D eigenvalue weighted by molar-refractivity contribution is 7.19. The predicted octanol–water partition coefficient (Wildman–Crippen LogP) is 4.21. The maximum absolute atomic E-state index is 14.6. The van der Waals surface area contributed by atoms with Gasteiger partial charge in [-0.2, -0.15) is 0 Å². The van der Waals surface area contributed by atoms with Crippen LogP contribution in [0.25, 0.3) is 21.3 Å². The number of pyridine rings is 1. The molecule has 36 heavy (non-hydrogen) atoms. The average Bonchev–Trinajstić information content (AvgIpc) is 3.24. The fourth-order valence-electron chi connectivity index (χ4n) is 4.35. The molecule has 1 saturated heterocycles. The van der Waals surface area contributed by atoms with Gasteiger partial charge < -0.3 is 14.6 Å². The van der Waals surface area contributed by atoms with E-state index in [-0.39, 0.29) is 26.1 Å². The highest BCUT2D eigenvalue weighted by Gasteiger charge is 2.44. The lowest BCUT2D eigenvalue weighted by molar-refractivity contribution is -0.112. The summed E-state index contributed by atoms with van der Waals surface area (Å²) in [4.78, 5) is 30.0. The van der Waals surface area contributed by atoms with Gasteiger partial charge in [-0.3, -0.25) is 14.3 Å². The summed E-state index contributed by atoms with van der Waals surface area (Å²) < 4.78 is 38.4. The number of alkyl halides is 2. The molecule has 1 atom stereocenters. The molecule has 3 aromatic heterocycles. The summed E-state index contributed by atoms with van der Waals surface area (Å²) in [5, 5.41) is 3.42. The minimum atomic E-state index is -2.96. The number of nitrogens with zero attached hydrogens (tertiary/aromatic N) is 3. The number of aryl methyl sites for hydroxylation is 2. The molecule has 1 unspecified atom stereocenters. The van der Waals surface area contributed by atoms with Gasteiger partial charge in [0.2, 0.25) is 0 Å². The molecule has 0 spiro atoms. The van der Waals surface area contributed by atoms with Gasteiger partial charge in [-0.05, 0) is 36.8 Å². The second kappa shape index (κ2) is 9.42. The number of rotatable bonds is 5. The van der Waals surface area contributed by atoms with Crippen LogP contribution in [-0.2, 0) is 13.6 Å². The van der Waals surface area contributed by atoms with E-state index in [0.717, 1.165) is 19.7 Å². The van der Waals surface area contributed by atoms with E-state index in [2.05, 4.69) is 10.3 Å². The van der Waals surface area contributed by atoms with Gasteiger partial charge in [0.25, 0.3) is 11.5 Å². The first-order chi connectivity index (χ1) is 17.1. The lowest BCUT2D eigenvalue weighted by Gasteiger charge is -2.33. The molecule has 0 aliphatic carbocycles. The Labute approximate surface area is 213 Å². The van der Waals surface area contributed by atoms with E-state index in [1.54, 1.807) is 38.4 Å².